The van der Waals surface area contributed by atoms with Crippen molar-refractivity contribution in [1.82, 2.24) is 15.2 Å². The first kappa shape index (κ1) is 16.8. The Morgan fingerprint density at radius 1 is 1.19 bits per heavy atom. The van der Waals surface area contributed by atoms with Crippen LogP contribution in [0.4, 0.5) is 10.5 Å². The van der Waals surface area contributed by atoms with E-state index in [1.165, 1.54) is 11.3 Å². The Kier molecular flexibility index (Phi) is 4.45. The molecule has 1 saturated heterocycles. The first-order chi connectivity index (χ1) is 12.7. The SMILES string of the molecule is CC1=Nc2ccccc2C12CCN(C(=O)NCCc1cccnc1)CC2. The summed E-state index contributed by atoms with van der Waals surface area (Å²) in [5, 5.41) is 3.04. The number of carbonyl (C=O) groups excluding carboxylic acids is 1. The van der Waals surface area contributed by atoms with Crippen molar-refractivity contribution < 1.29 is 4.79 Å². The van der Waals surface area contributed by atoms with Crippen LogP contribution in [0.15, 0.2) is 53.8 Å². The molecule has 5 nitrogen and oxygen atoms in total. The van der Waals surface area contributed by atoms with Gasteiger partial charge < -0.3 is 10.2 Å². The summed E-state index contributed by atoms with van der Waals surface area (Å²) in [6, 6.07) is 12.4. The number of carbonyl (C=O) groups is 1. The average molecular weight is 348 g/mol. The van der Waals surface area contributed by atoms with Gasteiger partial charge in [0.25, 0.3) is 0 Å². The molecule has 26 heavy (non-hydrogen) atoms. The third kappa shape index (κ3) is 2.98. The summed E-state index contributed by atoms with van der Waals surface area (Å²) in [6.45, 7) is 4.29. The minimum atomic E-state index is 0.0169. The molecule has 2 aromatic rings. The van der Waals surface area contributed by atoms with Crippen molar-refractivity contribution in [3.8, 4) is 0 Å². The number of urea groups is 1. The first-order valence-electron chi connectivity index (χ1n) is 9.26. The molecule has 1 aromatic carbocycles. The predicted octanol–water partition coefficient (Wildman–Crippen LogP) is 3.47. The molecule has 0 aliphatic carbocycles. The third-order valence-corrected chi connectivity index (χ3v) is 5.72. The maximum absolute atomic E-state index is 12.5. The van der Waals surface area contributed by atoms with Crippen LogP contribution in [0.3, 0.4) is 0 Å². The fourth-order valence-corrected chi connectivity index (χ4v) is 4.15. The number of pyridine rings is 1. The van der Waals surface area contributed by atoms with Gasteiger partial charge in [0.2, 0.25) is 0 Å². The highest BCUT2D eigenvalue weighted by Gasteiger charge is 2.44. The fraction of sp³-hybridized carbons (Fsp3) is 0.381. The Morgan fingerprint density at radius 3 is 2.77 bits per heavy atom. The minimum Gasteiger partial charge on any atom is -0.338 e. The van der Waals surface area contributed by atoms with Gasteiger partial charge in [-0.05, 0) is 49.4 Å². The summed E-state index contributed by atoms with van der Waals surface area (Å²) in [5.74, 6) is 0. The predicted molar refractivity (Wildman–Crippen MR) is 103 cm³/mol. The number of para-hydroxylation sites is 1. The molecule has 1 N–H and O–H groups in total. The number of aliphatic imine (C=N–C) groups is 1. The number of fused-ring (bicyclic) bond motifs is 2. The van der Waals surface area contributed by atoms with E-state index in [4.69, 9.17) is 4.99 Å². The summed E-state index contributed by atoms with van der Waals surface area (Å²) in [4.78, 5) is 23.3. The number of likely N-dealkylation sites (tertiary alicyclic amines) is 1. The smallest absolute Gasteiger partial charge is 0.317 e. The molecule has 1 spiro atoms. The number of hydrogen-bond donors (Lipinski definition) is 1. The largest absolute Gasteiger partial charge is 0.338 e. The molecule has 2 amide bonds. The number of amides is 2. The molecule has 0 atom stereocenters. The zero-order valence-electron chi connectivity index (χ0n) is 15.1. The molecule has 4 rings (SSSR count). The molecule has 2 aliphatic rings. The first-order valence-corrected chi connectivity index (χ1v) is 9.26. The molecule has 3 heterocycles. The zero-order chi connectivity index (χ0) is 18.0. The van der Waals surface area contributed by atoms with Gasteiger partial charge in [-0.2, -0.15) is 0 Å². The number of piperidine rings is 1. The van der Waals surface area contributed by atoms with Crippen LogP contribution >= 0.6 is 0 Å². The van der Waals surface area contributed by atoms with Crippen LogP contribution in [0, 0.1) is 0 Å². The van der Waals surface area contributed by atoms with E-state index >= 15 is 0 Å². The third-order valence-electron chi connectivity index (χ3n) is 5.72. The lowest BCUT2D eigenvalue weighted by atomic mass is 9.71. The topological polar surface area (TPSA) is 57.6 Å². The van der Waals surface area contributed by atoms with Crippen LogP contribution in [-0.2, 0) is 11.8 Å². The quantitative estimate of drug-likeness (QED) is 0.923. The highest BCUT2D eigenvalue weighted by atomic mass is 16.2. The van der Waals surface area contributed by atoms with E-state index in [2.05, 4.69) is 35.4 Å². The molecule has 0 bridgehead atoms. The van der Waals surface area contributed by atoms with E-state index in [1.54, 1.807) is 6.20 Å². The van der Waals surface area contributed by atoms with Gasteiger partial charge in [0.1, 0.15) is 0 Å². The highest BCUT2D eigenvalue weighted by molar-refractivity contribution is 6.00. The standard InChI is InChI=1S/C21H24N4O/c1-16-21(18-6-2-3-7-19(18)24-16)9-13-25(14-10-21)20(26)23-12-8-17-5-4-11-22-15-17/h2-7,11,15H,8-10,12-14H2,1H3,(H,23,26). The van der Waals surface area contributed by atoms with E-state index in [0.29, 0.717) is 6.54 Å². The van der Waals surface area contributed by atoms with Crippen molar-refractivity contribution in [1.29, 1.82) is 0 Å². The van der Waals surface area contributed by atoms with E-state index in [1.807, 2.05) is 29.3 Å². The summed E-state index contributed by atoms with van der Waals surface area (Å²) >= 11 is 0. The molecule has 1 fully saturated rings. The van der Waals surface area contributed by atoms with Crippen LogP contribution in [-0.4, -0.2) is 41.3 Å². The number of aromatic nitrogens is 1. The van der Waals surface area contributed by atoms with Crippen LogP contribution in [0.2, 0.25) is 0 Å². The van der Waals surface area contributed by atoms with Gasteiger partial charge in [-0.1, -0.05) is 24.3 Å². The molecule has 2 aliphatic heterocycles. The number of nitrogens with one attached hydrogen (secondary N) is 1. The van der Waals surface area contributed by atoms with Crippen molar-refractivity contribution in [3.05, 3.63) is 59.9 Å². The normalized spacial score (nSPS) is 17.7. The summed E-state index contributed by atoms with van der Waals surface area (Å²) in [7, 11) is 0. The Bertz CT molecular complexity index is 823. The number of benzene rings is 1. The lowest BCUT2D eigenvalue weighted by molar-refractivity contribution is 0.174. The summed E-state index contributed by atoms with van der Waals surface area (Å²) in [5.41, 5.74) is 4.77. The van der Waals surface area contributed by atoms with Crippen molar-refractivity contribution in [3.63, 3.8) is 0 Å². The van der Waals surface area contributed by atoms with E-state index in [-0.39, 0.29) is 11.4 Å². The van der Waals surface area contributed by atoms with E-state index in [9.17, 15) is 4.79 Å². The molecule has 0 unspecified atom stereocenters. The molecular formula is C21H24N4O. The average Bonchev–Trinajstić information content (AvgIpc) is 2.95. The zero-order valence-corrected chi connectivity index (χ0v) is 15.1. The summed E-state index contributed by atoms with van der Waals surface area (Å²) in [6.07, 6.45) is 6.29. The van der Waals surface area contributed by atoms with Crippen LogP contribution in [0.5, 0.6) is 0 Å². The van der Waals surface area contributed by atoms with Gasteiger partial charge in [0.05, 0.1) is 5.69 Å². The van der Waals surface area contributed by atoms with Crippen LogP contribution in [0.1, 0.15) is 30.9 Å². The molecule has 0 saturated carbocycles. The van der Waals surface area contributed by atoms with E-state index in [0.717, 1.165) is 43.6 Å². The van der Waals surface area contributed by atoms with Gasteiger partial charge in [-0.25, -0.2) is 4.79 Å². The lowest BCUT2D eigenvalue weighted by Crippen LogP contribution is -2.50. The van der Waals surface area contributed by atoms with Crippen molar-refractivity contribution in [2.24, 2.45) is 4.99 Å². The summed E-state index contributed by atoms with van der Waals surface area (Å²) < 4.78 is 0. The van der Waals surface area contributed by atoms with Gasteiger partial charge in [0, 0.05) is 43.2 Å². The van der Waals surface area contributed by atoms with Crippen molar-refractivity contribution in [2.75, 3.05) is 19.6 Å². The van der Waals surface area contributed by atoms with Gasteiger partial charge in [0.15, 0.2) is 0 Å². The highest BCUT2D eigenvalue weighted by Crippen LogP contribution is 2.46. The maximum Gasteiger partial charge on any atom is 0.317 e. The second-order valence-corrected chi connectivity index (χ2v) is 7.13. The Labute approximate surface area is 154 Å². The Morgan fingerprint density at radius 2 is 2.00 bits per heavy atom. The van der Waals surface area contributed by atoms with E-state index < -0.39 is 0 Å². The maximum atomic E-state index is 12.5. The molecule has 0 radical (unpaired) electrons. The Hall–Kier alpha value is -2.69. The fourth-order valence-electron chi connectivity index (χ4n) is 4.15. The molecule has 5 heteroatoms. The van der Waals surface area contributed by atoms with Crippen LogP contribution < -0.4 is 5.32 Å². The van der Waals surface area contributed by atoms with Crippen molar-refractivity contribution in [2.45, 2.75) is 31.6 Å². The van der Waals surface area contributed by atoms with Crippen LogP contribution in [0.25, 0.3) is 0 Å². The number of nitrogens with zero attached hydrogens (tertiary/aromatic N) is 3. The minimum absolute atomic E-state index is 0.0169. The Balaban J connectivity index is 1.34. The molecule has 134 valence electrons. The number of rotatable bonds is 3. The van der Waals surface area contributed by atoms with Gasteiger partial charge in [-0.15, -0.1) is 0 Å². The monoisotopic (exact) mass is 348 g/mol. The van der Waals surface area contributed by atoms with Gasteiger partial charge in [-0.3, -0.25) is 9.98 Å². The second kappa shape index (κ2) is 6.90. The lowest BCUT2D eigenvalue weighted by Gasteiger charge is -2.40. The van der Waals surface area contributed by atoms with Gasteiger partial charge >= 0.3 is 6.03 Å². The van der Waals surface area contributed by atoms with Crippen molar-refractivity contribution >= 4 is 17.4 Å². The number of hydrogen-bond acceptors (Lipinski definition) is 3. The molecular weight excluding hydrogens is 324 g/mol. The second-order valence-electron chi connectivity index (χ2n) is 7.13. The molecule has 1 aromatic heterocycles.